The van der Waals surface area contributed by atoms with Gasteiger partial charge in [0.2, 0.25) is 0 Å². The van der Waals surface area contributed by atoms with Gasteiger partial charge in [0.05, 0.1) is 0 Å². The number of hydrogen-bond acceptors (Lipinski definition) is 4. The molecule has 4 nitrogen and oxygen atoms in total. The average molecular weight is 296 g/mol. The highest BCUT2D eigenvalue weighted by Crippen LogP contribution is 2.24. The average Bonchev–Trinajstić information content (AvgIpc) is 2.89. The summed E-state index contributed by atoms with van der Waals surface area (Å²) in [5.41, 5.74) is 1.50. The number of nitrogens with one attached hydrogen (secondary N) is 2. The lowest BCUT2D eigenvalue weighted by molar-refractivity contribution is 0.603. The van der Waals surface area contributed by atoms with Crippen LogP contribution in [0.15, 0.2) is 40.6 Å². The van der Waals surface area contributed by atoms with Crippen LogP contribution in [-0.2, 0) is 16.4 Å². The molecule has 0 atom stereocenters. The predicted octanol–water partition coefficient (Wildman–Crippen LogP) is 3.15. The largest absolute Gasteiger partial charge is 0.388 e. The molecule has 6 heteroatoms. The Labute approximate surface area is 117 Å². The lowest BCUT2D eigenvalue weighted by Gasteiger charge is -2.07. The van der Waals surface area contributed by atoms with Crippen molar-refractivity contribution in [3.05, 3.63) is 41.3 Å². The Morgan fingerprint density at radius 3 is 2.21 bits per heavy atom. The van der Waals surface area contributed by atoms with Crippen LogP contribution in [0.2, 0.25) is 0 Å². The number of rotatable bonds is 5. The molecule has 0 unspecified atom stereocenters. The van der Waals surface area contributed by atoms with Crippen LogP contribution in [0.3, 0.4) is 0 Å². The van der Waals surface area contributed by atoms with Crippen molar-refractivity contribution in [2.24, 2.45) is 0 Å². The van der Waals surface area contributed by atoms with Crippen molar-refractivity contribution >= 4 is 32.7 Å². The van der Waals surface area contributed by atoms with E-state index in [1.165, 1.54) is 11.3 Å². The van der Waals surface area contributed by atoms with Crippen LogP contribution in [-0.4, -0.2) is 15.5 Å². The minimum Gasteiger partial charge on any atom is -0.388 e. The summed E-state index contributed by atoms with van der Waals surface area (Å²) < 4.78 is 27.3. The first-order chi connectivity index (χ1) is 9.05. The fraction of sp³-hybridized carbons (Fsp3) is 0.231. The molecule has 0 radical (unpaired) electrons. The van der Waals surface area contributed by atoms with Crippen LogP contribution in [0, 0.1) is 0 Å². The topological polar surface area (TPSA) is 58.2 Å². The van der Waals surface area contributed by atoms with Gasteiger partial charge < -0.3 is 5.32 Å². The molecule has 0 aliphatic heterocycles. The van der Waals surface area contributed by atoms with E-state index >= 15 is 0 Å². The van der Waals surface area contributed by atoms with Gasteiger partial charge in [0.15, 0.2) is 0 Å². The number of hydrogen-bond donors (Lipinski definition) is 2. The van der Waals surface area contributed by atoms with E-state index in [1.54, 1.807) is 18.2 Å². The number of benzene rings is 1. The summed E-state index contributed by atoms with van der Waals surface area (Å²) in [6, 6.07) is 10.6. The summed E-state index contributed by atoms with van der Waals surface area (Å²) in [6.07, 6.45) is 0.844. The fourth-order valence-corrected chi connectivity index (χ4v) is 3.96. The van der Waals surface area contributed by atoms with Crippen LogP contribution in [0.4, 0.5) is 11.4 Å². The quantitative estimate of drug-likeness (QED) is 0.891. The van der Waals surface area contributed by atoms with Gasteiger partial charge in [-0.3, -0.25) is 4.72 Å². The van der Waals surface area contributed by atoms with Gasteiger partial charge in [-0.05, 0) is 42.8 Å². The van der Waals surface area contributed by atoms with Gasteiger partial charge in [0.1, 0.15) is 4.21 Å². The minimum atomic E-state index is -3.47. The van der Waals surface area contributed by atoms with Crippen molar-refractivity contribution in [3.8, 4) is 0 Å². The maximum Gasteiger partial charge on any atom is 0.271 e. The van der Waals surface area contributed by atoms with Crippen molar-refractivity contribution in [3.63, 3.8) is 0 Å². The Kier molecular flexibility index (Phi) is 4.11. The number of thiophene rings is 1. The van der Waals surface area contributed by atoms with E-state index in [2.05, 4.69) is 10.0 Å². The molecule has 0 amide bonds. The van der Waals surface area contributed by atoms with Gasteiger partial charge in [0, 0.05) is 23.3 Å². The molecule has 19 heavy (non-hydrogen) atoms. The highest BCUT2D eigenvalue weighted by Gasteiger charge is 2.16. The zero-order chi connectivity index (χ0) is 13.9. The molecule has 2 N–H and O–H groups in total. The Bertz CT molecular complexity index is 646. The molecule has 0 aliphatic carbocycles. The first-order valence-corrected chi connectivity index (χ1v) is 8.24. The Hall–Kier alpha value is -1.53. The van der Waals surface area contributed by atoms with Gasteiger partial charge in [0.25, 0.3) is 10.0 Å². The molecule has 1 aromatic carbocycles. The van der Waals surface area contributed by atoms with Crippen molar-refractivity contribution in [2.75, 3.05) is 17.1 Å². The normalized spacial score (nSPS) is 11.3. The Morgan fingerprint density at radius 1 is 1.05 bits per heavy atom. The maximum atomic E-state index is 12.2. The van der Waals surface area contributed by atoms with Gasteiger partial charge in [-0.25, -0.2) is 8.42 Å². The third-order valence-corrected chi connectivity index (χ3v) is 5.78. The van der Waals surface area contributed by atoms with Crippen LogP contribution < -0.4 is 10.0 Å². The minimum absolute atomic E-state index is 0.349. The van der Waals surface area contributed by atoms with Crippen molar-refractivity contribution in [2.45, 2.75) is 17.6 Å². The summed E-state index contributed by atoms with van der Waals surface area (Å²) >= 11 is 1.30. The molecule has 2 rings (SSSR count). The van der Waals surface area contributed by atoms with Gasteiger partial charge in [-0.15, -0.1) is 11.3 Å². The zero-order valence-corrected chi connectivity index (χ0v) is 12.4. The van der Waals surface area contributed by atoms with Crippen molar-refractivity contribution in [1.29, 1.82) is 0 Å². The molecule has 1 heterocycles. The van der Waals surface area contributed by atoms with Gasteiger partial charge in [-0.1, -0.05) is 6.92 Å². The van der Waals surface area contributed by atoms with E-state index in [1.807, 2.05) is 32.2 Å². The molecule has 0 fully saturated rings. The number of sulfonamides is 1. The molecular formula is C13H16N2O2S2. The molecule has 0 bridgehead atoms. The fourth-order valence-electron chi connectivity index (χ4n) is 1.60. The van der Waals surface area contributed by atoms with E-state index in [-0.39, 0.29) is 0 Å². The van der Waals surface area contributed by atoms with E-state index < -0.39 is 10.0 Å². The third-order valence-electron chi connectivity index (χ3n) is 2.68. The van der Waals surface area contributed by atoms with Crippen LogP contribution in [0.5, 0.6) is 0 Å². The van der Waals surface area contributed by atoms with E-state index in [0.29, 0.717) is 9.90 Å². The highest BCUT2D eigenvalue weighted by molar-refractivity contribution is 7.94. The van der Waals surface area contributed by atoms with Crippen molar-refractivity contribution in [1.82, 2.24) is 0 Å². The summed E-state index contributed by atoms with van der Waals surface area (Å²) in [6.45, 7) is 2.01. The molecule has 0 saturated carbocycles. The highest BCUT2D eigenvalue weighted by atomic mass is 32.2. The molecule has 1 aromatic heterocycles. The Morgan fingerprint density at radius 2 is 1.68 bits per heavy atom. The monoisotopic (exact) mass is 296 g/mol. The first kappa shape index (κ1) is 13.9. The molecule has 2 aromatic rings. The van der Waals surface area contributed by atoms with Crippen LogP contribution in [0.25, 0.3) is 0 Å². The summed E-state index contributed by atoms with van der Waals surface area (Å²) in [5.74, 6) is 0. The van der Waals surface area contributed by atoms with E-state index in [0.717, 1.165) is 17.0 Å². The lowest BCUT2D eigenvalue weighted by Crippen LogP contribution is -2.11. The van der Waals surface area contributed by atoms with Crippen LogP contribution in [0.1, 0.15) is 11.8 Å². The number of aryl methyl sites for hydroxylation is 1. The second kappa shape index (κ2) is 5.63. The summed E-state index contributed by atoms with van der Waals surface area (Å²) in [4.78, 5) is 1.06. The second-order valence-corrected chi connectivity index (χ2v) is 7.08. The standard InChI is InChI=1S/C13H16N2O2S2/c1-3-12-8-9-13(18-12)19(16,17)15-11-6-4-10(14-2)5-7-11/h4-9,14-15H,3H2,1-2H3. The molecule has 102 valence electrons. The van der Waals surface area contributed by atoms with E-state index in [9.17, 15) is 8.42 Å². The smallest absolute Gasteiger partial charge is 0.271 e. The van der Waals surface area contributed by atoms with Gasteiger partial charge >= 0.3 is 0 Å². The maximum absolute atomic E-state index is 12.2. The third kappa shape index (κ3) is 3.27. The second-order valence-electron chi connectivity index (χ2n) is 4.01. The summed E-state index contributed by atoms with van der Waals surface area (Å²) in [5, 5.41) is 2.98. The first-order valence-electron chi connectivity index (χ1n) is 5.94. The number of anilines is 2. The van der Waals surface area contributed by atoms with Crippen LogP contribution >= 0.6 is 11.3 Å². The molecule has 0 aliphatic rings. The Balaban J connectivity index is 2.20. The summed E-state index contributed by atoms with van der Waals surface area (Å²) in [7, 11) is -1.66. The molecule has 0 spiro atoms. The SMILES string of the molecule is CCc1ccc(S(=O)(=O)Nc2ccc(NC)cc2)s1. The molecule has 0 saturated heterocycles. The molecular weight excluding hydrogens is 280 g/mol. The zero-order valence-electron chi connectivity index (χ0n) is 10.8. The predicted molar refractivity (Wildman–Crippen MR) is 80.5 cm³/mol. The van der Waals surface area contributed by atoms with Crippen molar-refractivity contribution < 1.29 is 8.42 Å². The van der Waals surface area contributed by atoms with Gasteiger partial charge in [-0.2, -0.15) is 0 Å². The lowest BCUT2D eigenvalue weighted by atomic mass is 10.3. The van der Waals surface area contributed by atoms with E-state index in [4.69, 9.17) is 0 Å².